The molecule has 0 aromatic heterocycles. The molecular formula is C20H22N2O5. The molecule has 0 saturated carbocycles. The van der Waals surface area contributed by atoms with Gasteiger partial charge in [0.15, 0.2) is 0 Å². The van der Waals surface area contributed by atoms with E-state index in [-0.39, 0.29) is 11.8 Å². The molecule has 0 unspecified atom stereocenters. The number of methoxy groups -OCH3 is 2. The molecular weight excluding hydrogens is 348 g/mol. The lowest BCUT2D eigenvalue weighted by molar-refractivity contribution is 0.0303. The molecule has 27 heavy (non-hydrogen) atoms. The number of hydrogen-bond acceptors (Lipinski definition) is 5. The molecule has 0 atom stereocenters. The highest BCUT2D eigenvalue weighted by molar-refractivity contribution is 6.06. The molecule has 0 aliphatic carbocycles. The Hall–Kier alpha value is -3.06. The first-order chi connectivity index (χ1) is 13.1. The van der Waals surface area contributed by atoms with Crippen molar-refractivity contribution in [1.82, 2.24) is 4.90 Å². The summed E-state index contributed by atoms with van der Waals surface area (Å²) in [6, 6.07) is 11.8. The average Bonchev–Trinajstić information content (AvgIpc) is 2.73. The highest BCUT2D eigenvalue weighted by atomic mass is 16.5. The van der Waals surface area contributed by atoms with Gasteiger partial charge in [-0.2, -0.15) is 0 Å². The van der Waals surface area contributed by atoms with Gasteiger partial charge in [0.25, 0.3) is 11.8 Å². The van der Waals surface area contributed by atoms with Crippen LogP contribution in [0.15, 0.2) is 42.5 Å². The fourth-order valence-corrected chi connectivity index (χ4v) is 2.85. The molecule has 2 aromatic carbocycles. The van der Waals surface area contributed by atoms with Crippen LogP contribution in [0.4, 0.5) is 5.69 Å². The predicted octanol–water partition coefficient (Wildman–Crippen LogP) is 2.43. The third-order valence-corrected chi connectivity index (χ3v) is 4.32. The van der Waals surface area contributed by atoms with Gasteiger partial charge in [0.05, 0.1) is 33.1 Å². The van der Waals surface area contributed by atoms with Gasteiger partial charge in [0.1, 0.15) is 11.5 Å². The van der Waals surface area contributed by atoms with Crippen LogP contribution in [0.2, 0.25) is 0 Å². The Bertz CT molecular complexity index is 831. The summed E-state index contributed by atoms with van der Waals surface area (Å²) < 4.78 is 15.7. The number of morpholine rings is 1. The second kappa shape index (κ2) is 8.55. The van der Waals surface area contributed by atoms with E-state index in [1.807, 2.05) is 0 Å². The minimum atomic E-state index is -0.335. The molecule has 7 nitrogen and oxygen atoms in total. The monoisotopic (exact) mass is 370 g/mol. The Balaban J connectivity index is 1.78. The lowest BCUT2D eigenvalue weighted by Gasteiger charge is -2.27. The molecule has 2 aromatic rings. The number of amides is 2. The summed E-state index contributed by atoms with van der Waals surface area (Å²) >= 11 is 0. The lowest BCUT2D eigenvalue weighted by atomic mass is 10.1. The molecule has 2 amide bonds. The molecule has 1 saturated heterocycles. The van der Waals surface area contributed by atoms with E-state index in [2.05, 4.69) is 5.32 Å². The Labute approximate surface area is 157 Å². The molecule has 0 radical (unpaired) electrons. The molecule has 142 valence electrons. The molecule has 1 aliphatic rings. The molecule has 7 heteroatoms. The van der Waals surface area contributed by atoms with Crippen molar-refractivity contribution in [2.24, 2.45) is 0 Å². The number of rotatable bonds is 5. The van der Waals surface area contributed by atoms with E-state index in [0.717, 1.165) is 0 Å². The zero-order valence-corrected chi connectivity index (χ0v) is 15.4. The molecule has 0 spiro atoms. The van der Waals surface area contributed by atoms with Crippen LogP contribution in [0.1, 0.15) is 20.7 Å². The van der Waals surface area contributed by atoms with Crippen LogP contribution in [0.25, 0.3) is 0 Å². The Morgan fingerprint density at radius 3 is 2.44 bits per heavy atom. The van der Waals surface area contributed by atoms with Gasteiger partial charge in [-0.25, -0.2) is 0 Å². The summed E-state index contributed by atoms with van der Waals surface area (Å²) in [7, 11) is 3.08. The molecule has 3 rings (SSSR count). The van der Waals surface area contributed by atoms with Crippen molar-refractivity contribution in [2.45, 2.75) is 0 Å². The van der Waals surface area contributed by atoms with Gasteiger partial charge < -0.3 is 24.4 Å². The van der Waals surface area contributed by atoms with Gasteiger partial charge in [-0.1, -0.05) is 6.07 Å². The van der Waals surface area contributed by atoms with Crippen molar-refractivity contribution in [3.8, 4) is 11.5 Å². The SMILES string of the molecule is COc1ccc(OC)c(NC(=O)c2cccc(C(=O)N3CCOCC3)c2)c1. The maximum Gasteiger partial charge on any atom is 0.255 e. The number of carbonyl (C=O) groups excluding carboxylic acids is 2. The van der Waals surface area contributed by atoms with Crippen LogP contribution in [0, 0.1) is 0 Å². The van der Waals surface area contributed by atoms with E-state index in [1.54, 1.807) is 54.5 Å². The van der Waals surface area contributed by atoms with Gasteiger partial charge in [0, 0.05) is 30.3 Å². The van der Waals surface area contributed by atoms with E-state index in [9.17, 15) is 9.59 Å². The fourth-order valence-electron chi connectivity index (χ4n) is 2.85. The first-order valence-corrected chi connectivity index (χ1v) is 8.63. The number of anilines is 1. The fraction of sp³-hybridized carbons (Fsp3) is 0.300. The van der Waals surface area contributed by atoms with Crippen molar-refractivity contribution in [3.05, 3.63) is 53.6 Å². The Morgan fingerprint density at radius 2 is 1.74 bits per heavy atom. The average molecular weight is 370 g/mol. The summed E-state index contributed by atoms with van der Waals surface area (Å²) in [4.78, 5) is 27.0. The second-order valence-corrected chi connectivity index (χ2v) is 6.01. The normalized spacial score (nSPS) is 13.8. The Morgan fingerprint density at radius 1 is 1.00 bits per heavy atom. The highest BCUT2D eigenvalue weighted by Crippen LogP contribution is 2.29. The smallest absolute Gasteiger partial charge is 0.255 e. The number of hydrogen-bond donors (Lipinski definition) is 1. The zero-order chi connectivity index (χ0) is 19.2. The highest BCUT2D eigenvalue weighted by Gasteiger charge is 2.20. The first-order valence-electron chi connectivity index (χ1n) is 8.63. The first kappa shape index (κ1) is 18.7. The Kier molecular flexibility index (Phi) is 5.93. The summed E-state index contributed by atoms with van der Waals surface area (Å²) in [6.45, 7) is 2.16. The quantitative estimate of drug-likeness (QED) is 0.875. The molecule has 1 aliphatic heterocycles. The summed E-state index contributed by atoms with van der Waals surface area (Å²) in [5, 5.41) is 2.81. The molecule has 1 N–H and O–H groups in total. The van der Waals surface area contributed by atoms with Crippen molar-refractivity contribution in [1.29, 1.82) is 0 Å². The third kappa shape index (κ3) is 4.38. The van der Waals surface area contributed by atoms with Crippen LogP contribution in [-0.4, -0.2) is 57.2 Å². The van der Waals surface area contributed by atoms with Gasteiger partial charge >= 0.3 is 0 Å². The molecule has 0 bridgehead atoms. The second-order valence-electron chi connectivity index (χ2n) is 6.01. The number of benzene rings is 2. The summed E-state index contributed by atoms with van der Waals surface area (Å²) in [5.41, 5.74) is 1.35. The van der Waals surface area contributed by atoms with E-state index in [4.69, 9.17) is 14.2 Å². The van der Waals surface area contributed by atoms with Crippen molar-refractivity contribution in [2.75, 3.05) is 45.8 Å². The van der Waals surface area contributed by atoms with Gasteiger partial charge in [0.2, 0.25) is 0 Å². The topological polar surface area (TPSA) is 77.1 Å². The van der Waals surface area contributed by atoms with Crippen LogP contribution >= 0.6 is 0 Å². The van der Waals surface area contributed by atoms with Gasteiger partial charge in [-0.05, 0) is 30.3 Å². The van der Waals surface area contributed by atoms with Crippen molar-refractivity contribution < 1.29 is 23.8 Å². The van der Waals surface area contributed by atoms with E-state index < -0.39 is 0 Å². The molecule has 1 fully saturated rings. The van der Waals surface area contributed by atoms with Crippen molar-refractivity contribution in [3.63, 3.8) is 0 Å². The van der Waals surface area contributed by atoms with Gasteiger partial charge in [-0.3, -0.25) is 9.59 Å². The zero-order valence-electron chi connectivity index (χ0n) is 15.4. The largest absolute Gasteiger partial charge is 0.497 e. The lowest BCUT2D eigenvalue weighted by Crippen LogP contribution is -2.40. The minimum absolute atomic E-state index is 0.105. The standard InChI is InChI=1S/C20H22N2O5/c1-25-16-6-7-18(26-2)17(13-16)21-19(23)14-4-3-5-15(12-14)20(24)22-8-10-27-11-9-22/h3-7,12-13H,8-11H2,1-2H3,(H,21,23). The van der Waals surface area contributed by atoms with E-state index >= 15 is 0 Å². The summed E-state index contributed by atoms with van der Waals surface area (Å²) in [5.74, 6) is 0.678. The number of nitrogens with one attached hydrogen (secondary N) is 1. The van der Waals surface area contributed by atoms with Crippen LogP contribution in [-0.2, 0) is 4.74 Å². The van der Waals surface area contributed by atoms with Crippen molar-refractivity contribution >= 4 is 17.5 Å². The molecule has 1 heterocycles. The maximum absolute atomic E-state index is 12.7. The van der Waals surface area contributed by atoms with Gasteiger partial charge in [-0.15, -0.1) is 0 Å². The predicted molar refractivity (Wildman–Crippen MR) is 101 cm³/mol. The third-order valence-electron chi connectivity index (χ3n) is 4.32. The number of nitrogens with zero attached hydrogens (tertiary/aromatic N) is 1. The summed E-state index contributed by atoms with van der Waals surface area (Å²) in [6.07, 6.45) is 0. The van der Waals surface area contributed by atoms with E-state index in [1.165, 1.54) is 7.11 Å². The number of carbonyl (C=O) groups is 2. The van der Waals surface area contributed by atoms with Crippen LogP contribution in [0.3, 0.4) is 0 Å². The number of ether oxygens (including phenoxy) is 3. The maximum atomic E-state index is 12.7. The van der Waals surface area contributed by atoms with E-state index in [0.29, 0.717) is 54.6 Å². The van der Waals surface area contributed by atoms with Crippen LogP contribution in [0.5, 0.6) is 11.5 Å². The van der Waals surface area contributed by atoms with Crippen LogP contribution < -0.4 is 14.8 Å². The minimum Gasteiger partial charge on any atom is -0.497 e.